The fourth-order valence-corrected chi connectivity index (χ4v) is 5.77. The van der Waals surface area contributed by atoms with E-state index in [1.165, 1.54) is 11.1 Å². The lowest BCUT2D eigenvalue weighted by Crippen LogP contribution is -2.45. The minimum Gasteiger partial charge on any atom is -0.497 e. The van der Waals surface area contributed by atoms with Gasteiger partial charge in [0.2, 0.25) is 0 Å². The van der Waals surface area contributed by atoms with Crippen LogP contribution in [-0.2, 0) is 20.6 Å². The first-order valence-corrected chi connectivity index (χ1v) is 14.7. The molecule has 4 nitrogen and oxygen atoms in total. The molecule has 0 spiro atoms. The zero-order valence-corrected chi connectivity index (χ0v) is 21.8. The van der Waals surface area contributed by atoms with Gasteiger partial charge in [-0.1, -0.05) is 45.1 Å². The van der Waals surface area contributed by atoms with Crippen LogP contribution in [0.4, 0.5) is 0 Å². The number of ether oxygens (including phenoxy) is 2. The van der Waals surface area contributed by atoms with Crippen molar-refractivity contribution in [1.82, 2.24) is 0 Å². The molecule has 0 bridgehead atoms. The van der Waals surface area contributed by atoms with Crippen LogP contribution in [0.2, 0.25) is 18.1 Å². The Morgan fingerprint density at radius 1 is 1.09 bits per heavy atom. The quantitative estimate of drug-likeness (QED) is 0.238. The summed E-state index contributed by atoms with van der Waals surface area (Å²) in [4.78, 5) is 12.9. The number of ketones is 1. The zero-order valence-electron chi connectivity index (χ0n) is 20.8. The molecule has 1 saturated carbocycles. The van der Waals surface area contributed by atoms with Crippen LogP contribution in [0, 0.1) is 5.92 Å². The van der Waals surface area contributed by atoms with E-state index in [0.29, 0.717) is 25.4 Å². The van der Waals surface area contributed by atoms with Gasteiger partial charge in [0.1, 0.15) is 5.75 Å². The highest BCUT2D eigenvalue weighted by atomic mass is 28.4. The Morgan fingerprint density at radius 2 is 1.78 bits per heavy atom. The minimum absolute atomic E-state index is 0.0174. The third-order valence-corrected chi connectivity index (χ3v) is 11.8. The van der Waals surface area contributed by atoms with Gasteiger partial charge in [-0.3, -0.25) is 4.79 Å². The third-order valence-electron chi connectivity index (χ3n) is 7.30. The van der Waals surface area contributed by atoms with Gasteiger partial charge in [0.15, 0.2) is 14.1 Å². The molecule has 1 fully saturated rings. The van der Waals surface area contributed by atoms with Crippen LogP contribution in [0.5, 0.6) is 5.75 Å². The van der Waals surface area contributed by atoms with Gasteiger partial charge in [-0.25, -0.2) is 0 Å². The van der Waals surface area contributed by atoms with Crippen molar-refractivity contribution in [2.24, 2.45) is 5.92 Å². The molecule has 32 heavy (non-hydrogen) atoms. The van der Waals surface area contributed by atoms with E-state index in [-0.39, 0.29) is 17.1 Å². The van der Waals surface area contributed by atoms with Crippen molar-refractivity contribution in [3.05, 3.63) is 53.1 Å². The second kappa shape index (κ2) is 10.1. The van der Waals surface area contributed by atoms with Gasteiger partial charge >= 0.3 is 0 Å². The lowest BCUT2D eigenvalue weighted by Gasteiger charge is -2.42. The standard InChI is InChI=1S/C27H40O4Si/c1-19-15-21-17-24(28)23(26(21)25(16-19)31-32(6,7)27(2,3)4)9-8-14-30-18-20-10-12-22(29-5)13-11-20/h10-13,21,25H,1,8-9,14-18H2,2-7H3/t21-,25+/m0/s1. The SMILES string of the molecule is C=C1C[C@H]2CC(=O)C(CCCOCc3ccc(OC)cc3)=C2[C@H](O[Si](C)(C)C(C)(C)C)C1. The van der Waals surface area contributed by atoms with Crippen LogP contribution in [-0.4, -0.2) is 33.9 Å². The van der Waals surface area contributed by atoms with Crippen molar-refractivity contribution in [3.8, 4) is 5.75 Å². The molecule has 0 saturated heterocycles. The molecule has 2 aliphatic carbocycles. The number of hydrogen-bond donors (Lipinski definition) is 0. The van der Waals surface area contributed by atoms with E-state index in [9.17, 15) is 4.79 Å². The minimum atomic E-state index is -1.94. The maximum Gasteiger partial charge on any atom is 0.192 e. The van der Waals surface area contributed by atoms with Crippen LogP contribution in [0.15, 0.2) is 47.6 Å². The molecule has 5 heteroatoms. The Bertz CT molecular complexity index is 861. The molecular weight excluding hydrogens is 416 g/mol. The van der Waals surface area contributed by atoms with E-state index in [1.54, 1.807) is 7.11 Å². The van der Waals surface area contributed by atoms with E-state index in [0.717, 1.165) is 42.6 Å². The third kappa shape index (κ3) is 5.80. The van der Waals surface area contributed by atoms with E-state index in [2.05, 4.69) is 40.4 Å². The summed E-state index contributed by atoms with van der Waals surface area (Å²) in [6.07, 6.45) is 4.04. The number of rotatable bonds is 9. The van der Waals surface area contributed by atoms with Crippen molar-refractivity contribution in [3.63, 3.8) is 0 Å². The Hall–Kier alpha value is -1.69. The first-order valence-electron chi connectivity index (χ1n) is 11.8. The van der Waals surface area contributed by atoms with E-state index >= 15 is 0 Å². The number of Topliss-reactive ketones (excluding diaryl/α,β-unsaturated/α-hetero) is 1. The van der Waals surface area contributed by atoms with Gasteiger partial charge in [0.25, 0.3) is 0 Å². The van der Waals surface area contributed by atoms with E-state index in [1.807, 2.05) is 24.3 Å². The van der Waals surface area contributed by atoms with Gasteiger partial charge < -0.3 is 13.9 Å². The highest BCUT2D eigenvalue weighted by Crippen LogP contribution is 2.47. The van der Waals surface area contributed by atoms with Gasteiger partial charge in [0.05, 0.1) is 19.8 Å². The molecule has 176 valence electrons. The first kappa shape index (κ1) is 24.9. The maximum atomic E-state index is 12.9. The van der Waals surface area contributed by atoms with Crippen molar-refractivity contribution in [2.75, 3.05) is 13.7 Å². The lowest BCUT2D eigenvalue weighted by atomic mass is 9.80. The molecule has 0 aliphatic heterocycles. The summed E-state index contributed by atoms with van der Waals surface area (Å²) in [5.74, 6) is 1.44. The molecule has 3 rings (SSSR count). The molecule has 2 aliphatic rings. The average molecular weight is 457 g/mol. The predicted octanol–water partition coefficient (Wildman–Crippen LogP) is 6.62. The Balaban J connectivity index is 1.63. The molecular formula is C27H40O4Si. The normalized spacial score (nSPS) is 21.8. The summed E-state index contributed by atoms with van der Waals surface area (Å²) < 4.78 is 17.9. The number of fused-ring (bicyclic) bond motifs is 1. The number of allylic oxidation sites excluding steroid dienone is 1. The van der Waals surface area contributed by atoms with Gasteiger partial charge in [-0.15, -0.1) is 0 Å². The number of benzene rings is 1. The number of methoxy groups -OCH3 is 1. The summed E-state index contributed by atoms with van der Waals surface area (Å²) >= 11 is 0. The van der Waals surface area contributed by atoms with Gasteiger partial charge in [-0.2, -0.15) is 0 Å². The molecule has 0 aromatic heterocycles. The first-order chi connectivity index (χ1) is 15.0. The summed E-state index contributed by atoms with van der Waals surface area (Å²) in [6, 6.07) is 7.93. The molecule has 0 unspecified atom stereocenters. The Morgan fingerprint density at radius 3 is 2.41 bits per heavy atom. The summed E-state index contributed by atoms with van der Waals surface area (Å²) in [6.45, 7) is 16.9. The second-order valence-corrected chi connectivity index (χ2v) is 15.5. The predicted molar refractivity (Wildman–Crippen MR) is 132 cm³/mol. The van der Waals surface area contributed by atoms with Gasteiger partial charge in [0, 0.05) is 13.0 Å². The maximum absolute atomic E-state index is 12.9. The fraction of sp³-hybridized carbons (Fsp3) is 0.593. The van der Waals surface area contributed by atoms with Crippen molar-refractivity contribution in [2.45, 2.75) is 83.7 Å². The van der Waals surface area contributed by atoms with Crippen molar-refractivity contribution < 1.29 is 18.7 Å². The van der Waals surface area contributed by atoms with E-state index in [4.69, 9.17) is 13.9 Å². The largest absolute Gasteiger partial charge is 0.497 e. The van der Waals surface area contributed by atoms with E-state index < -0.39 is 8.32 Å². The zero-order chi connectivity index (χ0) is 23.5. The van der Waals surface area contributed by atoms with Gasteiger partial charge in [-0.05, 0) is 78.6 Å². The number of hydrogen-bond acceptors (Lipinski definition) is 4. The monoisotopic (exact) mass is 456 g/mol. The molecule has 2 atom stereocenters. The van der Waals surface area contributed by atoms with Crippen LogP contribution in [0.25, 0.3) is 0 Å². The van der Waals surface area contributed by atoms with Crippen LogP contribution in [0.3, 0.4) is 0 Å². The Labute approximate surface area is 195 Å². The molecule has 0 amide bonds. The van der Waals surface area contributed by atoms with Crippen molar-refractivity contribution in [1.29, 1.82) is 0 Å². The summed E-state index contributed by atoms with van der Waals surface area (Å²) in [5.41, 5.74) is 4.64. The Kier molecular flexibility index (Phi) is 7.84. The topological polar surface area (TPSA) is 44.8 Å². The highest BCUT2D eigenvalue weighted by Gasteiger charge is 2.45. The van der Waals surface area contributed by atoms with Crippen LogP contribution < -0.4 is 4.74 Å². The molecule has 0 N–H and O–H groups in total. The summed E-state index contributed by atoms with van der Waals surface area (Å²) in [7, 11) is -0.275. The highest BCUT2D eigenvalue weighted by molar-refractivity contribution is 6.74. The molecule has 1 aromatic carbocycles. The fourth-order valence-electron chi connectivity index (χ4n) is 4.49. The van der Waals surface area contributed by atoms with Crippen molar-refractivity contribution >= 4 is 14.1 Å². The molecule has 0 radical (unpaired) electrons. The summed E-state index contributed by atoms with van der Waals surface area (Å²) in [5, 5.41) is 0.139. The number of carbonyl (C=O) groups excluding carboxylic acids is 1. The van der Waals surface area contributed by atoms with Crippen LogP contribution >= 0.6 is 0 Å². The number of carbonyl (C=O) groups is 1. The average Bonchev–Trinajstić information content (AvgIpc) is 3.02. The smallest absolute Gasteiger partial charge is 0.192 e. The lowest BCUT2D eigenvalue weighted by molar-refractivity contribution is -0.115. The second-order valence-electron chi connectivity index (χ2n) is 10.8. The molecule has 0 heterocycles. The molecule has 1 aromatic rings. The van der Waals surface area contributed by atoms with Crippen LogP contribution in [0.1, 0.15) is 58.4 Å².